The van der Waals surface area contributed by atoms with Gasteiger partial charge in [-0.15, -0.1) is 0 Å². The molecule has 0 radical (unpaired) electrons. The van der Waals surface area contributed by atoms with Gasteiger partial charge >= 0.3 is 0 Å². The molecule has 0 bridgehead atoms. The van der Waals surface area contributed by atoms with Crippen LogP contribution in [0.3, 0.4) is 0 Å². The van der Waals surface area contributed by atoms with Gasteiger partial charge < -0.3 is 5.32 Å². The van der Waals surface area contributed by atoms with Crippen molar-refractivity contribution in [3.63, 3.8) is 0 Å². The molecule has 1 N–H and O–H groups in total. The monoisotopic (exact) mass is 259 g/mol. The molecule has 1 nitrogen and oxygen atoms in total. The van der Waals surface area contributed by atoms with Crippen LogP contribution in [-0.4, -0.2) is 6.04 Å². The van der Waals surface area contributed by atoms with E-state index in [2.05, 4.69) is 17.4 Å². The van der Waals surface area contributed by atoms with E-state index in [-0.39, 0.29) is 11.7 Å². The first kappa shape index (κ1) is 12.2. The number of rotatable bonds is 3. The Hall–Kier alpha value is -1.90. The Labute approximate surface area is 111 Å². The van der Waals surface area contributed by atoms with Gasteiger partial charge in [-0.05, 0) is 36.5 Å². The van der Waals surface area contributed by atoms with Crippen molar-refractivity contribution in [3.05, 3.63) is 65.7 Å². The standard InChI is InChI=1S/C16H15F2N/c17-14-7-4-8-15(18)16(14)19-13-9-12(10-13)11-5-2-1-3-6-11/h1-8,12-13,19H,9-10H2. The zero-order valence-electron chi connectivity index (χ0n) is 10.4. The molecule has 0 unspecified atom stereocenters. The summed E-state index contributed by atoms with van der Waals surface area (Å²) in [6.45, 7) is 0. The van der Waals surface area contributed by atoms with Gasteiger partial charge in [0.25, 0.3) is 0 Å². The number of halogens is 2. The normalized spacial score (nSPS) is 21.8. The van der Waals surface area contributed by atoms with E-state index in [1.165, 1.54) is 23.8 Å². The predicted molar refractivity (Wildman–Crippen MR) is 72.2 cm³/mol. The lowest BCUT2D eigenvalue weighted by Gasteiger charge is -2.37. The van der Waals surface area contributed by atoms with E-state index in [9.17, 15) is 8.78 Å². The minimum atomic E-state index is -0.525. The second-order valence-corrected chi connectivity index (χ2v) is 5.02. The molecular formula is C16H15F2N. The van der Waals surface area contributed by atoms with Gasteiger partial charge in [-0.1, -0.05) is 36.4 Å². The molecule has 3 rings (SSSR count). The van der Waals surface area contributed by atoms with E-state index in [0.717, 1.165) is 12.8 Å². The van der Waals surface area contributed by atoms with Crippen molar-refractivity contribution >= 4 is 5.69 Å². The van der Waals surface area contributed by atoms with Crippen LogP contribution >= 0.6 is 0 Å². The Balaban J connectivity index is 1.63. The first-order valence-corrected chi connectivity index (χ1v) is 6.49. The average Bonchev–Trinajstić information content (AvgIpc) is 2.37. The molecule has 0 aromatic heterocycles. The molecule has 1 fully saturated rings. The maximum Gasteiger partial charge on any atom is 0.149 e. The van der Waals surface area contributed by atoms with Crippen LogP contribution in [-0.2, 0) is 0 Å². The molecule has 1 saturated carbocycles. The fourth-order valence-corrected chi connectivity index (χ4v) is 2.57. The smallest absolute Gasteiger partial charge is 0.149 e. The van der Waals surface area contributed by atoms with Crippen molar-refractivity contribution in [2.45, 2.75) is 24.8 Å². The summed E-state index contributed by atoms with van der Waals surface area (Å²) in [5, 5.41) is 2.96. The maximum atomic E-state index is 13.5. The van der Waals surface area contributed by atoms with Gasteiger partial charge in [0.1, 0.15) is 17.3 Å². The Bertz CT molecular complexity index is 542. The van der Waals surface area contributed by atoms with Crippen LogP contribution in [0.2, 0.25) is 0 Å². The zero-order chi connectivity index (χ0) is 13.2. The lowest BCUT2D eigenvalue weighted by atomic mass is 9.76. The molecule has 2 aromatic carbocycles. The topological polar surface area (TPSA) is 12.0 Å². The molecule has 0 saturated heterocycles. The third kappa shape index (κ3) is 2.46. The summed E-state index contributed by atoms with van der Waals surface area (Å²) in [5.41, 5.74) is 1.30. The van der Waals surface area contributed by atoms with Gasteiger partial charge in [-0.2, -0.15) is 0 Å². The molecule has 98 valence electrons. The summed E-state index contributed by atoms with van der Waals surface area (Å²) in [7, 11) is 0. The molecule has 2 aromatic rings. The largest absolute Gasteiger partial charge is 0.378 e. The molecule has 1 aliphatic carbocycles. The third-order valence-electron chi connectivity index (χ3n) is 3.72. The average molecular weight is 259 g/mol. The van der Waals surface area contributed by atoms with E-state index >= 15 is 0 Å². The van der Waals surface area contributed by atoms with E-state index in [0.29, 0.717) is 5.92 Å². The Morgan fingerprint density at radius 3 is 2.11 bits per heavy atom. The van der Waals surface area contributed by atoms with Crippen LogP contribution in [0, 0.1) is 11.6 Å². The Morgan fingerprint density at radius 1 is 0.842 bits per heavy atom. The van der Waals surface area contributed by atoms with E-state index in [4.69, 9.17) is 0 Å². The summed E-state index contributed by atoms with van der Waals surface area (Å²) >= 11 is 0. The number of para-hydroxylation sites is 1. The summed E-state index contributed by atoms with van der Waals surface area (Å²) in [6, 6.07) is 14.3. The second-order valence-electron chi connectivity index (χ2n) is 5.02. The summed E-state index contributed by atoms with van der Waals surface area (Å²) < 4.78 is 27.0. The summed E-state index contributed by atoms with van der Waals surface area (Å²) in [6.07, 6.45) is 1.83. The van der Waals surface area contributed by atoms with Crippen molar-refractivity contribution in [1.29, 1.82) is 0 Å². The third-order valence-corrected chi connectivity index (χ3v) is 3.72. The predicted octanol–water partition coefficient (Wildman–Crippen LogP) is 4.32. The van der Waals surface area contributed by atoms with E-state index in [1.807, 2.05) is 18.2 Å². The molecule has 0 heterocycles. The lowest BCUT2D eigenvalue weighted by Crippen LogP contribution is -2.34. The van der Waals surface area contributed by atoms with Gasteiger partial charge in [0, 0.05) is 6.04 Å². The van der Waals surface area contributed by atoms with Crippen molar-refractivity contribution in [2.75, 3.05) is 5.32 Å². The lowest BCUT2D eigenvalue weighted by molar-refractivity contribution is 0.371. The molecule has 1 aliphatic rings. The van der Waals surface area contributed by atoms with Crippen LogP contribution in [0.15, 0.2) is 48.5 Å². The first-order chi connectivity index (χ1) is 9.24. The number of nitrogens with one attached hydrogen (secondary N) is 1. The first-order valence-electron chi connectivity index (χ1n) is 6.49. The zero-order valence-corrected chi connectivity index (χ0v) is 10.4. The molecule has 0 amide bonds. The van der Waals surface area contributed by atoms with Crippen LogP contribution in [0.4, 0.5) is 14.5 Å². The van der Waals surface area contributed by atoms with Gasteiger partial charge in [-0.3, -0.25) is 0 Å². The minimum absolute atomic E-state index is 0.000915. The van der Waals surface area contributed by atoms with Gasteiger partial charge in [0.2, 0.25) is 0 Å². The van der Waals surface area contributed by atoms with Crippen molar-refractivity contribution in [2.24, 2.45) is 0 Å². The SMILES string of the molecule is Fc1cccc(F)c1NC1CC(c2ccccc2)C1. The van der Waals surface area contributed by atoms with Crippen LogP contribution in [0.25, 0.3) is 0 Å². The highest BCUT2D eigenvalue weighted by Gasteiger charge is 2.31. The molecule has 3 heteroatoms. The van der Waals surface area contributed by atoms with Crippen LogP contribution in [0.1, 0.15) is 24.3 Å². The highest BCUT2D eigenvalue weighted by molar-refractivity contribution is 5.47. The van der Waals surface area contributed by atoms with E-state index in [1.54, 1.807) is 0 Å². The highest BCUT2D eigenvalue weighted by atomic mass is 19.1. The second kappa shape index (κ2) is 5.00. The number of benzene rings is 2. The van der Waals surface area contributed by atoms with Crippen LogP contribution in [0.5, 0.6) is 0 Å². The van der Waals surface area contributed by atoms with Gasteiger partial charge in [-0.25, -0.2) is 8.78 Å². The highest BCUT2D eigenvalue weighted by Crippen LogP contribution is 2.38. The van der Waals surface area contributed by atoms with Gasteiger partial charge in [0.15, 0.2) is 0 Å². The minimum Gasteiger partial charge on any atom is -0.378 e. The summed E-state index contributed by atoms with van der Waals surface area (Å²) in [5.74, 6) is -0.556. The maximum absolute atomic E-state index is 13.5. The summed E-state index contributed by atoms with van der Waals surface area (Å²) in [4.78, 5) is 0. The van der Waals surface area contributed by atoms with Gasteiger partial charge in [0.05, 0.1) is 0 Å². The van der Waals surface area contributed by atoms with Crippen molar-refractivity contribution in [3.8, 4) is 0 Å². The molecule has 0 atom stereocenters. The number of anilines is 1. The quantitative estimate of drug-likeness (QED) is 0.865. The molecule has 0 aliphatic heterocycles. The molecule has 0 spiro atoms. The Kier molecular flexibility index (Phi) is 3.20. The Morgan fingerprint density at radius 2 is 1.47 bits per heavy atom. The van der Waals surface area contributed by atoms with Crippen LogP contribution < -0.4 is 5.32 Å². The fraction of sp³-hybridized carbons (Fsp3) is 0.250. The molecular weight excluding hydrogens is 244 g/mol. The van der Waals surface area contributed by atoms with E-state index < -0.39 is 11.6 Å². The molecule has 19 heavy (non-hydrogen) atoms. The van der Waals surface area contributed by atoms with Crippen molar-refractivity contribution in [1.82, 2.24) is 0 Å². The van der Waals surface area contributed by atoms with Crippen molar-refractivity contribution < 1.29 is 8.78 Å². The number of hydrogen-bond donors (Lipinski definition) is 1. The number of hydrogen-bond acceptors (Lipinski definition) is 1. The fourth-order valence-electron chi connectivity index (χ4n) is 2.57.